The molecule has 1 aliphatic carbocycles. The van der Waals surface area contributed by atoms with E-state index in [2.05, 4.69) is 5.48 Å². The van der Waals surface area contributed by atoms with Crippen molar-refractivity contribution in [2.24, 2.45) is 0 Å². The highest BCUT2D eigenvalue weighted by atomic mass is 16.5. The third-order valence-electron chi connectivity index (χ3n) is 7.29. The molecule has 0 heterocycles. The maximum absolute atomic E-state index is 13.8. The quantitative estimate of drug-likeness (QED) is 0.135. The van der Waals surface area contributed by atoms with Gasteiger partial charge in [0, 0.05) is 50.2 Å². The number of anilines is 2. The summed E-state index contributed by atoms with van der Waals surface area (Å²) in [4.78, 5) is 27.1. The Morgan fingerprint density at radius 3 is 2.03 bits per heavy atom. The molecule has 0 atom stereocenters. The van der Waals surface area contributed by atoms with Gasteiger partial charge in [0.25, 0.3) is 0 Å². The highest BCUT2D eigenvalue weighted by molar-refractivity contribution is 6.39. The number of benzene rings is 5. The Kier molecular flexibility index (Phi) is 4.78. The number of fused-ring (bicyclic) bond motifs is 1. The number of methoxy groups -OCH3 is 3. The minimum Gasteiger partial charge on any atom is -0.504 e. The minimum atomic E-state index is -0.561. The molecule has 0 unspecified atom stereocenters. The first-order valence-electron chi connectivity index (χ1n) is 11.4. The van der Waals surface area contributed by atoms with E-state index in [0.29, 0.717) is 55.6 Å². The molecule has 10 nitrogen and oxygen atoms in total. The zero-order valence-corrected chi connectivity index (χ0v) is 20.3. The molecule has 0 fully saturated rings. The number of aromatic hydroxyl groups is 1. The Morgan fingerprint density at radius 2 is 1.43 bits per heavy atom. The summed E-state index contributed by atoms with van der Waals surface area (Å²) in [6.45, 7) is 1.85. The molecule has 10 heteroatoms. The van der Waals surface area contributed by atoms with Crippen molar-refractivity contribution < 1.29 is 29.7 Å². The topological polar surface area (TPSA) is 147 Å². The summed E-state index contributed by atoms with van der Waals surface area (Å²) in [5, 5.41) is 34.4. The molecule has 0 spiro atoms. The molecule has 0 bridgehead atoms. The predicted octanol–water partition coefficient (Wildman–Crippen LogP) is 4.19. The van der Waals surface area contributed by atoms with Crippen molar-refractivity contribution in [3.63, 3.8) is 0 Å². The molecular weight excluding hydrogens is 480 g/mol. The normalized spacial score (nSPS) is 13.0. The number of hydrogen-bond acceptors (Lipinski definition) is 10. The Bertz CT molecular complexity index is 1950. The van der Waals surface area contributed by atoms with Crippen molar-refractivity contribution in [3.05, 3.63) is 49.3 Å². The average molecular weight is 502 g/mol. The van der Waals surface area contributed by atoms with Crippen molar-refractivity contribution in [3.8, 4) is 23.0 Å². The van der Waals surface area contributed by atoms with Crippen molar-refractivity contribution in [1.29, 1.82) is 0 Å². The molecule has 5 aromatic rings. The molecule has 5 N–H and O–H groups in total. The minimum absolute atomic E-state index is 0.0341. The Morgan fingerprint density at radius 1 is 0.784 bits per heavy atom. The van der Waals surface area contributed by atoms with E-state index >= 15 is 0 Å². The molecule has 0 saturated heterocycles. The number of rotatable bonds is 5. The van der Waals surface area contributed by atoms with Crippen LogP contribution in [0.25, 0.3) is 49.2 Å². The third kappa shape index (κ3) is 2.65. The second-order valence-corrected chi connectivity index (χ2v) is 9.07. The number of hydrogen-bond donors (Lipinski definition) is 5. The van der Waals surface area contributed by atoms with Gasteiger partial charge >= 0.3 is 0 Å². The van der Waals surface area contributed by atoms with Crippen LogP contribution >= 0.6 is 0 Å². The van der Waals surface area contributed by atoms with E-state index in [1.54, 1.807) is 6.08 Å². The first-order valence-corrected chi connectivity index (χ1v) is 11.4. The number of nitrogens with one attached hydrogen (secondary N) is 2. The third-order valence-corrected chi connectivity index (χ3v) is 7.29. The maximum atomic E-state index is 13.8. The summed E-state index contributed by atoms with van der Waals surface area (Å²) in [7, 11) is 4.28. The predicted molar refractivity (Wildman–Crippen MR) is 141 cm³/mol. The highest BCUT2D eigenvalue weighted by Crippen LogP contribution is 2.55. The van der Waals surface area contributed by atoms with Crippen molar-refractivity contribution in [1.82, 2.24) is 0 Å². The lowest BCUT2D eigenvalue weighted by atomic mass is 9.83. The number of phenolic OH excluding ortho intramolecular Hbond substituents is 1. The lowest BCUT2D eigenvalue weighted by Crippen LogP contribution is -2.14. The van der Waals surface area contributed by atoms with E-state index in [9.17, 15) is 25.1 Å². The first kappa shape index (κ1) is 22.9. The van der Waals surface area contributed by atoms with Crippen LogP contribution in [-0.4, -0.2) is 36.9 Å². The molecule has 0 amide bonds. The fraction of sp³-hybridized carbons (Fsp3) is 0.185. The van der Waals surface area contributed by atoms with Crippen molar-refractivity contribution in [2.75, 3.05) is 32.3 Å². The zero-order chi connectivity index (χ0) is 26.3. The number of phenols is 1. The summed E-state index contributed by atoms with van der Waals surface area (Å²) < 4.78 is 17.0. The fourth-order valence-electron chi connectivity index (χ4n) is 5.95. The van der Waals surface area contributed by atoms with Crippen molar-refractivity contribution in [2.45, 2.75) is 13.3 Å². The van der Waals surface area contributed by atoms with Crippen LogP contribution in [0.5, 0.6) is 23.0 Å². The van der Waals surface area contributed by atoms with Gasteiger partial charge < -0.3 is 19.3 Å². The van der Waals surface area contributed by atoms with Gasteiger partial charge in [-0.1, -0.05) is 11.6 Å². The van der Waals surface area contributed by atoms with Crippen LogP contribution in [0.1, 0.15) is 18.1 Å². The van der Waals surface area contributed by atoms with Gasteiger partial charge in [0.2, 0.25) is 5.43 Å². The summed E-state index contributed by atoms with van der Waals surface area (Å²) in [5.41, 5.74) is 4.87. The fourth-order valence-corrected chi connectivity index (χ4v) is 5.95. The maximum Gasteiger partial charge on any atom is 0.214 e. The van der Waals surface area contributed by atoms with E-state index in [-0.39, 0.29) is 39.4 Å². The van der Waals surface area contributed by atoms with Gasteiger partial charge in [0.1, 0.15) is 17.2 Å². The monoisotopic (exact) mass is 502 g/mol. The van der Waals surface area contributed by atoms with Crippen LogP contribution in [0.3, 0.4) is 0 Å². The van der Waals surface area contributed by atoms with Crippen LogP contribution in [-0.2, 0) is 6.42 Å². The Balaban J connectivity index is 2.19. The van der Waals surface area contributed by atoms with Crippen LogP contribution in [0.15, 0.2) is 27.3 Å². The molecular formula is C27H22N2O8. The van der Waals surface area contributed by atoms with E-state index in [4.69, 9.17) is 14.2 Å². The van der Waals surface area contributed by atoms with Gasteiger partial charge in [-0.2, -0.15) is 0 Å². The summed E-state index contributed by atoms with van der Waals surface area (Å²) >= 11 is 0. The number of allylic oxidation sites excluding steroid dienone is 1. The molecule has 0 saturated carbocycles. The van der Waals surface area contributed by atoms with Gasteiger partial charge in [-0.25, -0.2) is 0 Å². The van der Waals surface area contributed by atoms with Gasteiger partial charge in [-0.3, -0.25) is 31.0 Å². The SMILES string of the molecule is COc1c(O)c2c(=O)cc(OC)c3c4c(OC)cc(NO)c5c(=O)c(NO)c6c(c(c1CC(C)=C6)c23)c54. The molecule has 0 radical (unpaired) electrons. The average Bonchev–Trinajstić information content (AvgIpc) is 3.04. The van der Waals surface area contributed by atoms with Crippen molar-refractivity contribution >= 4 is 60.5 Å². The largest absolute Gasteiger partial charge is 0.504 e. The van der Waals surface area contributed by atoms with Gasteiger partial charge in [-0.15, -0.1) is 0 Å². The molecule has 0 aliphatic heterocycles. The molecule has 6 rings (SSSR count). The van der Waals surface area contributed by atoms with E-state index < -0.39 is 10.9 Å². The summed E-state index contributed by atoms with van der Waals surface area (Å²) in [5.74, 6) is 0.364. The second-order valence-electron chi connectivity index (χ2n) is 9.07. The Labute approximate surface area is 208 Å². The standard InChI is InChI=1S/C27H22N2O8/c1-9-5-10-16-17-11(6-9)27(37-4)26(32)19-13(30)8-15(36-3)21(23(17)19)20-14(35-2)7-12(28-33)18(22(16)20)25(31)24(10)29-34/h5,7-8,28-29,32-34H,6H2,1-4H3. The van der Waals surface area contributed by atoms with Crippen LogP contribution in [0, 0.1) is 0 Å². The van der Waals surface area contributed by atoms with E-state index in [1.807, 2.05) is 12.4 Å². The zero-order valence-electron chi connectivity index (χ0n) is 20.3. The first-order chi connectivity index (χ1) is 17.8. The van der Waals surface area contributed by atoms with E-state index in [1.165, 1.54) is 33.5 Å². The van der Waals surface area contributed by atoms with Crippen LogP contribution < -0.4 is 36.0 Å². The molecule has 5 aromatic carbocycles. The van der Waals surface area contributed by atoms with Crippen LogP contribution in [0.4, 0.5) is 11.4 Å². The lowest BCUT2D eigenvalue weighted by Gasteiger charge is -2.23. The Hall–Kier alpha value is -4.54. The highest BCUT2D eigenvalue weighted by Gasteiger charge is 2.32. The molecule has 188 valence electrons. The molecule has 0 aromatic heterocycles. The van der Waals surface area contributed by atoms with Gasteiger partial charge in [-0.05, 0) is 18.7 Å². The summed E-state index contributed by atoms with van der Waals surface area (Å²) in [6.07, 6.45) is 2.10. The second kappa shape index (κ2) is 7.73. The van der Waals surface area contributed by atoms with E-state index in [0.717, 1.165) is 5.57 Å². The van der Waals surface area contributed by atoms with Gasteiger partial charge in [0.15, 0.2) is 16.9 Å². The van der Waals surface area contributed by atoms with Gasteiger partial charge in [0.05, 0.1) is 37.8 Å². The van der Waals surface area contributed by atoms with Crippen LogP contribution in [0.2, 0.25) is 0 Å². The lowest BCUT2D eigenvalue weighted by molar-refractivity contribution is 0.373. The molecule has 1 aliphatic rings. The summed E-state index contributed by atoms with van der Waals surface area (Å²) in [6, 6.07) is 2.73. The molecule has 37 heavy (non-hydrogen) atoms. The number of ether oxygens (including phenoxy) is 3. The smallest absolute Gasteiger partial charge is 0.214 e.